The van der Waals surface area contributed by atoms with E-state index in [1.807, 2.05) is 36.4 Å². The summed E-state index contributed by atoms with van der Waals surface area (Å²) in [6.45, 7) is 0.329. The molecule has 0 aliphatic carbocycles. The summed E-state index contributed by atoms with van der Waals surface area (Å²) in [5.41, 5.74) is 1.11. The zero-order valence-electron chi connectivity index (χ0n) is 10.5. The van der Waals surface area contributed by atoms with E-state index < -0.39 is 0 Å². The van der Waals surface area contributed by atoms with Crippen molar-refractivity contribution in [2.75, 3.05) is 6.54 Å². The van der Waals surface area contributed by atoms with E-state index in [1.165, 1.54) is 17.0 Å². The van der Waals surface area contributed by atoms with Gasteiger partial charge in [0.1, 0.15) is 6.54 Å². The quantitative estimate of drug-likeness (QED) is 0.809. The summed E-state index contributed by atoms with van der Waals surface area (Å²) in [4.78, 5) is 13.7. The monoisotopic (exact) mass is 286 g/mol. The van der Waals surface area contributed by atoms with Gasteiger partial charge in [0.05, 0.1) is 6.07 Å². The lowest BCUT2D eigenvalue weighted by molar-refractivity contribution is 0.0758. The lowest BCUT2D eigenvalue weighted by Gasteiger charge is -2.18. The van der Waals surface area contributed by atoms with Gasteiger partial charge in [0, 0.05) is 6.54 Å². The van der Waals surface area contributed by atoms with E-state index in [9.17, 15) is 4.79 Å². The average Bonchev–Trinajstić information content (AvgIpc) is 2.48. The minimum Gasteiger partial charge on any atom is -0.320 e. The summed E-state index contributed by atoms with van der Waals surface area (Å²) < 4.78 is 0. The van der Waals surface area contributed by atoms with E-state index in [0.717, 1.165) is 5.56 Å². The molecule has 0 saturated carbocycles. The smallest absolute Gasteiger partial charge is 0.275 e. The van der Waals surface area contributed by atoms with Crippen LogP contribution in [0.3, 0.4) is 0 Å². The maximum Gasteiger partial charge on any atom is 0.275 e. The van der Waals surface area contributed by atoms with E-state index >= 15 is 0 Å². The van der Waals surface area contributed by atoms with Gasteiger partial charge in [-0.15, -0.1) is 10.2 Å². The maximum atomic E-state index is 12.3. The fourth-order valence-corrected chi connectivity index (χ4v) is 1.78. The van der Waals surface area contributed by atoms with Crippen molar-refractivity contribution in [2.45, 2.75) is 6.54 Å². The second-order valence-corrected chi connectivity index (χ2v) is 4.43. The number of hydrogen-bond acceptors (Lipinski definition) is 4. The number of carbonyl (C=O) groups is 1. The number of hydrogen-bond donors (Lipinski definition) is 0. The summed E-state index contributed by atoms with van der Waals surface area (Å²) in [7, 11) is 0. The lowest BCUT2D eigenvalue weighted by Crippen LogP contribution is -2.31. The van der Waals surface area contributed by atoms with Gasteiger partial charge in [0.25, 0.3) is 5.91 Å². The molecule has 0 unspecified atom stereocenters. The third-order valence-corrected chi connectivity index (χ3v) is 2.82. The fraction of sp³-hybridized carbons (Fsp3) is 0.143. The number of aromatic nitrogens is 2. The van der Waals surface area contributed by atoms with E-state index in [1.54, 1.807) is 0 Å². The van der Waals surface area contributed by atoms with E-state index in [4.69, 9.17) is 16.9 Å². The van der Waals surface area contributed by atoms with Crippen molar-refractivity contribution in [3.8, 4) is 6.07 Å². The van der Waals surface area contributed by atoms with Crippen LogP contribution in [0.4, 0.5) is 0 Å². The summed E-state index contributed by atoms with van der Waals surface area (Å²) >= 11 is 5.64. The summed E-state index contributed by atoms with van der Waals surface area (Å²) in [6.07, 6.45) is 0. The zero-order chi connectivity index (χ0) is 14.4. The van der Waals surface area contributed by atoms with Crippen molar-refractivity contribution in [2.24, 2.45) is 0 Å². The van der Waals surface area contributed by atoms with Crippen molar-refractivity contribution in [1.82, 2.24) is 15.1 Å². The summed E-state index contributed by atoms with van der Waals surface area (Å²) in [5.74, 6) is -0.348. The van der Waals surface area contributed by atoms with Crippen LogP contribution in [0.5, 0.6) is 0 Å². The molecule has 0 bridgehead atoms. The molecule has 1 aromatic carbocycles. The first-order valence-corrected chi connectivity index (χ1v) is 6.28. The van der Waals surface area contributed by atoms with Gasteiger partial charge in [0.15, 0.2) is 10.8 Å². The molecule has 0 saturated heterocycles. The summed E-state index contributed by atoms with van der Waals surface area (Å²) in [5, 5.41) is 16.4. The van der Waals surface area contributed by atoms with Crippen LogP contribution in [0.1, 0.15) is 16.1 Å². The van der Waals surface area contributed by atoms with Crippen LogP contribution < -0.4 is 0 Å². The van der Waals surface area contributed by atoms with Crippen molar-refractivity contribution in [1.29, 1.82) is 5.26 Å². The Balaban J connectivity index is 2.18. The molecule has 0 atom stereocenters. The highest BCUT2D eigenvalue weighted by molar-refractivity contribution is 6.29. The molecular formula is C14H11ClN4O. The van der Waals surface area contributed by atoms with Gasteiger partial charge in [-0.2, -0.15) is 5.26 Å². The van der Waals surface area contributed by atoms with Gasteiger partial charge in [-0.1, -0.05) is 41.9 Å². The van der Waals surface area contributed by atoms with Crippen molar-refractivity contribution in [3.05, 3.63) is 58.9 Å². The van der Waals surface area contributed by atoms with E-state index in [0.29, 0.717) is 6.54 Å². The molecular weight excluding hydrogens is 276 g/mol. The van der Waals surface area contributed by atoms with Crippen LogP contribution in [0.25, 0.3) is 0 Å². The first-order valence-electron chi connectivity index (χ1n) is 5.90. The highest BCUT2D eigenvalue weighted by Gasteiger charge is 2.17. The fourth-order valence-electron chi connectivity index (χ4n) is 1.68. The molecule has 2 aromatic rings. The van der Waals surface area contributed by atoms with Crippen molar-refractivity contribution in [3.63, 3.8) is 0 Å². The Bertz CT molecular complexity index is 622. The number of halogens is 1. The molecule has 0 aliphatic heterocycles. The van der Waals surface area contributed by atoms with Gasteiger partial charge in [-0.3, -0.25) is 4.79 Å². The minimum absolute atomic E-state index is 0.0158. The van der Waals surface area contributed by atoms with Crippen LogP contribution >= 0.6 is 11.6 Å². The van der Waals surface area contributed by atoms with E-state index in [2.05, 4.69) is 10.2 Å². The van der Waals surface area contributed by atoms with Crippen LogP contribution in [-0.2, 0) is 6.54 Å². The Labute approximate surface area is 121 Å². The average molecular weight is 287 g/mol. The Morgan fingerprint density at radius 1 is 1.20 bits per heavy atom. The maximum absolute atomic E-state index is 12.3. The molecule has 5 nitrogen and oxygen atoms in total. The van der Waals surface area contributed by atoms with Gasteiger partial charge < -0.3 is 4.90 Å². The molecule has 2 rings (SSSR count). The number of benzene rings is 1. The molecule has 100 valence electrons. The first-order chi connectivity index (χ1) is 9.70. The Morgan fingerprint density at radius 3 is 2.55 bits per heavy atom. The second-order valence-electron chi connectivity index (χ2n) is 4.05. The molecule has 6 heteroatoms. The third kappa shape index (κ3) is 3.53. The minimum atomic E-state index is -0.348. The Hall–Kier alpha value is -2.45. The predicted molar refractivity (Wildman–Crippen MR) is 73.8 cm³/mol. The van der Waals surface area contributed by atoms with Crippen molar-refractivity contribution >= 4 is 17.5 Å². The van der Waals surface area contributed by atoms with Crippen molar-refractivity contribution < 1.29 is 4.79 Å². The summed E-state index contributed by atoms with van der Waals surface area (Å²) in [6, 6.07) is 14.4. The topological polar surface area (TPSA) is 69.9 Å². The Kier molecular flexibility index (Phi) is 4.64. The highest BCUT2D eigenvalue weighted by Crippen LogP contribution is 2.09. The highest BCUT2D eigenvalue weighted by atomic mass is 35.5. The number of carbonyl (C=O) groups excluding carboxylic acids is 1. The molecule has 0 radical (unpaired) electrons. The zero-order valence-corrected chi connectivity index (χ0v) is 11.3. The van der Waals surface area contributed by atoms with Gasteiger partial charge in [-0.05, 0) is 17.7 Å². The number of nitriles is 1. The molecule has 1 amide bonds. The normalized spacial score (nSPS) is 9.80. The predicted octanol–water partition coefficient (Wildman–Crippen LogP) is 2.30. The molecule has 1 aromatic heterocycles. The first kappa shape index (κ1) is 14.0. The number of amides is 1. The van der Waals surface area contributed by atoms with Crippen LogP contribution in [-0.4, -0.2) is 27.5 Å². The molecule has 1 heterocycles. The van der Waals surface area contributed by atoms with Crippen LogP contribution in [0, 0.1) is 11.3 Å². The van der Waals surface area contributed by atoms with Gasteiger partial charge in [0.2, 0.25) is 0 Å². The lowest BCUT2D eigenvalue weighted by atomic mass is 10.2. The second kappa shape index (κ2) is 6.64. The van der Waals surface area contributed by atoms with Gasteiger partial charge in [-0.25, -0.2) is 0 Å². The molecule has 0 fully saturated rings. The molecule has 0 N–H and O–H groups in total. The number of rotatable bonds is 4. The van der Waals surface area contributed by atoms with E-state index in [-0.39, 0.29) is 23.3 Å². The standard InChI is InChI=1S/C14H11ClN4O/c15-13-7-6-12(17-18-13)14(20)19(9-8-16)10-11-4-2-1-3-5-11/h1-7H,9-10H2. The molecule has 20 heavy (non-hydrogen) atoms. The largest absolute Gasteiger partial charge is 0.320 e. The Morgan fingerprint density at radius 2 is 1.95 bits per heavy atom. The van der Waals surface area contributed by atoms with Gasteiger partial charge >= 0.3 is 0 Å². The third-order valence-electron chi connectivity index (χ3n) is 2.62. The number of nitrogens with zero attached hydrogens (tertiary/aromatic N) is 4. The van der Waals surface area contributed by atoms with Crippen LogP contribution in [0.2, 0.25) is 5.15 Å². The SMILES string of the molecule is N#CCN(Cc1ccccc1)C(=O)c1ccc(Cl)nn1. The van der Waals surface area contributed by atoms with Crippen LogP contribution in [0.15, 0.2) is 42.5 Å². The molecule has 0 spiro atoms. The molecule has 0 aliphatic rings.